The van der Waals surface area contributed by atoms with Crippen LogP contribution in [0.5, 0.6) is 0 Å². The molecule has 2 rings (SSSR count). The van der Waals surface area contributed by atoms with Crippen LogP contribution in [0.2, 0.25) is 0 Å². The van der Waals surface area contributed by atoms with Crippen LogP contribution in [0.3, 0.4) is 0 Å². The Balaban J connectivity index is 2.13. The smallest absolute Gasteiger partial charge is 0.216 e. The molecular formula is C7H7BrN2OS. The minimum Gasteiger partial charge on any atom is -0.362 e. The van der Waals surface area contributed by atoms with Crippen molar-refractivity contribution in [1.82, 2.24) is 0 Å². The Morgan fingerprint density at radius 1 is 1.67 bits per heavy atom. The molecule has 1 aromatic rings. The molecule has 0 amide bonds. The molecule has 0 N–H and O–H groups in total. The summed E-state index contributed by atoms with van der Waals surface area (Å²) in [5, 5.41) is 2.84. The van der Waals surface area contributed by atoms with Crippen molar-refractivity contribution in [3.63, 3.8) is 0 Å². The molecule has 0 aromatic carbocycles. The van der Waals surface area contributed by atoms with Crippen molar-refractivity contribution in [3.8, 4) is 0 Å². The van der Waals surface area contributed by atoms with Crippen molar-refractivity contribution in [1.29, 1.82) is 0 Å². The van der Waals surface area contributed by atoms with Gasteiger partial charge in [-0.15, -0.1) is 11.3 Å². The van der Waals surface area contributed by atoms with E-state index in [1.165, 1.54) is 0 Å². The van der Waals surface area contributed by atoms with Gasteiger partial charge >= 0.3 is 0 Å². The van der Waals surface area contributed by atoms with E-state index >= 15 is 0 Å². The zero-order chi connectivity index (χ0) is 8.55. The fourth-order valence-corrected chi connectivity index (χ4v) is 2.23. The molecule has 1 aromatic heterocycles. The molecule has 64 valence electrons. The number of anilines is 1. The summed E-state index contributed by atoms with van der Waals surface area (Å²) in [6.07, 6.45) is 0. The number of hydrogen-bond donors (Lipinski definition) is 0. The predicted octanol–water partition coefficient (Wildman–Crippen LogP) is 2.64. The monoisotopic (exact) mass is 246 g/mol. The fraction of sp³-hybridized carbons (Fsp3) is 0.286. The topological polar surface area (TPSA) is 24.8 Å². The number of aliphatic imine (C=N–C) groups is 1. The van der Waals surface area contributed by atoms with Gasteiger partial charge in [0.1, 0.15) is 5.00 Å². The van der Waals surface area contributed by atoms with Crippen LogP contribution >= 0.6 is 27.3 Å². The van der Waals surface area contributed by atoms with Crippen molar-refractivity contribution >= 4 is 38.2 Å². The quantitative estimate of drug-likeness (QED) is 0.762. The Hall–Kier alpha value is -0.550. The number of hydroxylamine groups is 1. The van der Waals surface area contributed by atoms with Crippen LogP contribution in [-0.2, 0) is 4.84 Å². The standard InChI is InChI=1S/C7H7BrN2OS/c1-5-9-4-10(11-5)7-3-2-6(8)12-7/h2-3H,4H2,1H3. The van der Waals surface area contributed by atoms with Gasteiger partial charge in [-0.1, -0.05) is 0 Å². The van der Waals surface area contributed by atoms with Crippen LogP contribution in [0.15, 0.2) is 20.9 Å². The molecule has 0 spiro atoms. The summed E-state index contributed by atoms with van der Waals surface area (Å²) in [5.41, 5.74) is 0. The Kier molecular flexibility index (Phi) is 2.06. The van der Waals surface area contributed by atoms with E-state index in [1.54, 1.807) is 16.4 Å². The summed E-state index contributed by atoms with van der Waals surface area (Å²) in [7, 11) is 0. The van der Waals surface area contributed by atoms with Gasteiger partial charge in [-0.2, -0.15) is 5.06 Å². The first-order valence-electron chi connectivity index (χ1n) is 3.47. The second kappa shape index (κ2) is 3.06. The lowest BCUT2D eigenvalue weighted by atomic mass is 10.6. The third-order valence-electron chi connectivity index (χ3n) is 1.47. The molecule has 0 fully saturated rings. The van der Waals surface area contributed by atoms with Crippen LogP contribution in [0.4, 0.5) is 5.00 Å². The van der Waals surface area contributed by atoms with Gasteiger partial charge < -0.3 is 4.84 Å². The second-order valence-electron chi connectivity index (χ2n) is 2.37. The Bertz CT molecular complexity index is 323. The molecule has 0 saturated heterocycles. The van der Waals surface area contributed by atoms with E-state index in [9.17, 15) is 0 Å². The molecule has 5 heteroatoms. The van der Waals surface area contributed by atoms with Crippen molar-refractivity contribution in [3.05, 3.63) is 15.9 Å². The van der Waals surface area contributed by atoms with Gasteiger partial charge in [0.25, 0.3) is 0 Å². The average molecular weight is 247 g/mol. The molecule has 3 nitrogen and oxygen atoms in total. The van der Waals surface area contributed by atoms with Gasteiger partial charge in [0, 0.05) is 6.92 Å². The molecule has 1 aliphatic rings. The number of hydrogen-bond acceptors (Lipinski definition) is 4. The second-order valence-corrected chi connectivity index (χ2v) is 4.81. The van der Waals surface area contributed by atoms with Crippen LogP contribution < -0.4 is 5.06 Å². The van der Waals surface area contributed by atoms with Gasteiger partial charge in [-0.3, -0.25) is 0 Å². The van der Waals surface area contributed by atoms with Gasteiger partial charge in [-0.25, -0.2) is 4.99 Å². The molecule has 0 bridgehead atoms. The Morgan fingerprint density at radius 2 is 2.50 bits per heavy atom. The molecule has 0 aliphatic carbocycles. The van der Waals surface area contributed by atoms with E-state index in [1.807, 2.05) is 19.1 Å². The van der Waals surface area contributed by atoms with Gasteiger partial charge in [-0.05, 0) is 28.1 Å². The predicted molar refractivity (Wildman–Crippen MR) is 53.6 cm³/mol. The molecule has 0 atom stereocenters. The maximum atomic E-state index is 5.33. The minimum atomic E-state index is 0.596. The zero-order valence-electron chi connectivity index (χ0n) is 6.45. The zero-order valence-corrected chi connectivity index (χ0v) is 8.85. The van der Waals surface area contributed by atoms with Crippen LogP contribution in [0.1, 0.15) is 6.92 Å². The SMILES string of the molecule is CC1=NCN(c2ccc(Br)s2)O1. The highest BCUT2D eigenvalue weighted by molar-refractivity contribution is 9.11. The van der Waals surface area contributed by atoms with E-state index in [0.717, 1.165) is 14.7 Å². The maximum absolute atomic E-state index is 5.33. The van der Waals surface area contributed by atoms with Crippen molar-refractivity contribution in [2.75, 3.05) is 11.7 Å². The third kappa shape index (κ3) is 1.47. The Morgan fingerprint density at radius 3 is 3.00 bits per heavy atom. The van der Waals surface area contributed by atoms with Gasteiger partial charge in [0.05, 0.1) is 3.79 Å². The number of halogens is 1. The largest absolute Gasteiger partial charge is 0.362 e. The summed E-state index contributed by atoms with van der Waals surface area (Å²) in [6, 6.07) is 4.00. The summed E-state index contributed by atoms with van der Waals surface area (Å²) in [6.45, 7) is 2.45. The van der Waals surface area contributed by atoms with Crippen LogP contribution in [0, 0.1) is 0 Å². The summed E-state index contributed by atoms with van der Waals surface area (Å²) < 4.78 is 1.10. The molecule has 0 saturated carbocycles. The number of rotatable bonds is 1. The molecule has 12 heavy (non-hydrogen) atoms. The van der Waals surface area contributed by atoms with Crippen LogP contribution in [0.25, 0.3) is 0 Å². The third-order valence-corrected chi connectivity index (χ3v) is 3.10. The molecule has 1 aliphatic heterocycles. The molecular weight excluding hydrogens is 240 g/mol. The fourth-order valence-electron chi connectivity index (χ4n) is 0.934. The average Bonchev–Trinajstić information content (AvgIpc) is 2.58. The summed E-state index contributed by atoms with van der Waals surface area (Å²) in [4.78, 5) is 9.45. The van der Waals surface area contributed by atoms with Crippen molar-refractivity contribution < 1.29 is 4.84 Å². The molecule has 0 radical (unpaired) electrons. The van der Waals surface area contributed by atoms with Crippen molar-refractivity contribution in [2.24, 2.45) is 4.99 Å². The van der Waals surface area contributed by atoms with E-state index in [2.05, 4.69) is 20.9 Å². The highest BCUT2D eigenvalue weighted by Crippen LogP contribution is 2.31. The van der Waals surface area contributed by atoms with Gasteiger partial charge in [0.15, 0.2) is 6.67 Å². The minimum absolute atomic E-state index is 0.596. The van der Waals surface area contributed by atoms with E-state index < -0.39 is 0 Å². The lowest BCUT2D eigenvalue weighted by Gasteiger charge is -2.12. The van der Waals surface area contributed by atoms with E-state index in [-0.39, 0.29) is 0 Å². The normalized spacial score (nSPS) is 16.2. The van der Waals surface area contributed by atoms with Crippen molar-refractivity contribution in [2.45, 2.75) is 6.92 Å². The Labute approximate surface area is 82.8 Å². The highest BCUT2D eigenvalue weighted by atomic mass is 79.9. The first-order chi connectivity index (χ1) is 5.75. The molecule has 2 heterocycles. The van der Waals surface area contributed by atoms with E-state index in [4.69, 9.17) is 4.84 Å². The lowest BCUT2D eigenvalue weighted by molar-refractivity contribution is 0.299. The maximum Gasteiger partial charge on any atom is 0.216 e. The number of nitrogens with zero attached hydrogens (tertiary/aromatic N) is 2. The number of thiophene rings is 1. The summed E-state index contributed by atoms with van der Waals surface area (Å²) >= 11 is 5.02. The molecule has 0 unspecified atom stereocenters. The van der Waals surface area contributed by atoms with Gasteiger partial charge in [0.2, 0.25) is 5.90 Å². The summed E-state index contributed by atoms with van der Waals surface area (Å²) in [5.74, 6) is 0.722. The lowest BCUT2D eigenvalue weighted by Crippen LogP contribution is -2.17. The van der Waals surface area contributed by atoms with E-state index in [0.29, 0.717) is 6.67 Å². The first kappa shape index (κ1) is 8.07. The van der Waals surface area contributed by atoms with Crippen LogP contribution in [-0.4, -0.2) is 12.6 Å². The first-order valence-corrected chi connectivity index (χ1v) is 5.08. The highest BCUT2D eigenvalue weighted by Gasteiger charge is 2.15.